The monoisotopic (exact) mass is 319 g/mol. The molecule has 2 heterocycles. The van der Waals surface area contributed by atoms with Crippen LogP contribution in [0.2, 0.25) is 0 Å². The quantitative estimate of drug-likeness (QED) is 0.771. The van der Waals surface area contributed by atoms with E-state index in [2.05, 4.69) is 15.6 Å². The average Bonchev–Trinajstić information content (AvgIpc) is 3.13. The number of methoxy groups -OCH3 is 1. The SMILES string of the molecule is COc1ccc2nc(NC(=O)NCc3cccs3)sc2c1. The average molecular weight is 319 g/mol. The lowest BCUT2D eigenvalue weighted by Gasteiger charge is -2.03. The molecule has 0 spiro atoms. The predicted molar refractivity (Wildman–Crippen MR) is 86.3 cm³/mol. The fourth-order valence-corrected chi connectivity index (χ4v) is 3.34. The third-order valence-corrected chi connectivity index (χ3v) is 4.63. The van der Waals surface area contributed by atoms with E-state index < -0.39 is 0 Å². The summed E-state index contributed by atoms with van der Waals surface area (Å²) in [5, 5.41) is 8.11. The summed E-state index contributed by atoms with van der Waals surface area (Å²) in [5.41, 5.74) is 0.842. The summed E-state index contributed by atoms with van der Waals surface area (Å²) >= 11 is 3.03. The second-order valence-corrected chi connectivity index (χ2v) is 6.30. The molecule has 0 aliphatic carbocycles. The van der Waals surface area contributed by atoms with E-state index in [1.165, 1.54) is 11.3 Å². The van der Waals surface area contributed by atoms with Crippen LogP contribution in [0.25, 0.3) is 10.2 Å². The Hall–Kier alpha value is -2.12. The number of carbonyl (C=O) groups is 1. The first kappa shape index (κ1) is 13.8. The van der Waals surface area contributed by atoms with E-state index >= 15 is 0 Å². The highest BCUT2D eigenvalue weighted by Gasteiger charge is 2.08. The molecule has 2 aromatic heterocycles. The zero-order chi connectivity index (χ0) is 14.7. The van der Waals surface area contributed by atoms with E-state index in [4.69, 9.17) is 4.74 Å². The molecule has 3 aromatic rings. The van der Waals surface area contributed by atoms with Gasteiger partial charge in [0.05, 0.1) is 23.9 Å². The van der Waals surface area contributed by atoms with Crippen molar-refractivity contribution in [3.8, 4) is 5.75 Å². The van der Waals surface area contributed by atoms with Crippen LogP contribution in [0.4, 0.5) is 9.93 Å². The normalized spacial score (nSPS) is 10.5. The van der Waals surface area contributed by atoms with Crippen molar-refractivity contribution < 1.29 is 9.53 Å². The van der Waals surface area contributed by atoms with Crippen molar-refractivity contribution in [1.29, 1.82) is 0 Å². The minimum atomic E-state index is -0.255. The highest BCUT2D eigenvalue weighted by Crippen LogP contribution is 2.29. The second kappa shape index (κ2) is 6.11. The lowest BCUT2D eigenvalue weighted by Crippen LogP contribution is -2.27. The zero-order valence-corrected chi connectivity index (χ0v) is 12.9. The highest BCUT2D eigenvalue weighted by atomic mass is 32.1. The third kappa shape index (κ3) is 3.32. The molecule has 2 amide bonds. The van der Waals surface area contributed by atoms with Gasteiger partial charge in [0.1, 0.15) is 5.75 Å². The molecule has 7 heteroatoms. The number of fused-ring (bicyclic) bond motifs is 1. The smallest absolute Gasteiger partial charge is 0.321 e. The van der Waals surface area contributed by atoms with Gasteiger partial charge in [-0.15, -0.1) is 11.3 Å². The number of anilines is 1. The first-order valence-electron chi connectivity index (χ1n) is 6.26. The van der Waals surface area contributed by atoms with Crippen LogP contribution in [-0.2, 0) is 6.54 Å². The summed E-state index contributed by atoms with van der Waals surface area (Å²) in [6.07, 6.45) is 0. The number of nitrogens with zero attached hydrogens (tertiary/aromatic N) is 1. The molecule has 2 N–H and O–H groups in total. The number of urea groups is 1. The van der Waals surface area contributed by atoms with E-state index in [1.54, 1.807) is 18.4 Å². The number of amides is 2. The summed E-state index contributed by atoms with van der Waals surface area (Å²) in [4.78, 5) is 17.3. The number of carbonyl (C=O) groups excluding carboxylic acids is 1. The maximum absolute atomic E-state index is 11.8. The van der Waals surface area contributed by atoms with Crippen molar-refractivity contribution in [2.24, 2.45) is 0 Å². The van der Waals surface area contributed by atoms with Crippen LogP contribution in [-0.4, -0.2) is 18.1 Å². The Morgan fingerprint density at radius 1 is 1.38 bits per heavy atom. The highest BCUT2D eigenvalue weighted by molar-refractivity contribution is 7.22. The van der Waals surface area contributed by atoms with Gasteiger partial charge in [0.15, 0.2) is 5.13 Å². The van der Waals surface area contributed by atoms with Gasteiger partial charge in [0, 0.05) is 4.88 Å². The van der Waals surface area contributed by atoms with E-state index in [1.807, 2.05) is 35.7 Å². The molecule has 0 saturated heterocycles. The van der Waals surface area contributed by atoms with Gasteiger partial charge < -0.3 is 10.1 Å². The molecule has 0 fully saturated rings. The molecule has 0 unspecified atom stereocenters. The van der Waals surface area contributed by atoms with Crippen LogP contribution in [0, 0.1) is 0 Å². The van der Waals surface area contributed by atoms with E-state index in [0.29, 0.717) is 11.7 Å². The minimum absolute atomic E-state index is 0.255. The molecule has 1 aromatic carbocycles. The molecule has 0 saturated carbocycles. The zero-order valence-electron chi connectivity index (χ0n) is 11.3. The van der Waals surface area contributed by atoms with Crippen molar-refractivity contribution in [2.75, 3.05) is 12.4 Å². The number of hydrogen-bond donors (Lipinski definition) is 2. The number of rotatable bonds is 4. The van der Waals surface area contributed by atoms with Gasteiger partial charge in [-0.2, -0.15) is 0 Å². The van der Waals surface area contributed by atoms with Crippen LogP contribution in [0.15, 0.2) is 35.7 Å². The second-order valence-electron chi connectivity index (χ2n) is 4.24. The van der Waals surface area contributed by atoms with Crippen molar-refractivity contribution in [1.82, 2.24) is 10.3 Å². The fraction of sp³-hybridized carbons (Fsp3) is 0.143. The molecule has 0 aliphatic rings. The minimum Gasteiger partial charge on any atom is -0.497 e. The molecular weight excluding hydrogens is 306 g/mol. The van der Waals surface area contributed by atoms with Crippen LogP contribution in [0.5, 0.6) is 5.75 Å². The number of hydrogen-bond acceptors (Lipinski definition) is 5. The lowest BCUT2D eigenvalue weighted by atomic mass is 10.3. The summed E-state index contributed by atoms with van der Waals surface area (Å²) in [5.74, 6) is 0.778. The van der Waals surface area contributed by atoms with Gasteiger partial charge in [0.25, 0.3) is 0 Å². The van der Waals surface area contributed by atoms with Crippen LogP contribution in [0.3, 0.4) is 0 Å². The summed E-state index contributed by atoms with van der Waals surface area (Å²) < 4.78 is 6.15. The summed E-state index contributed by atoms with van der Waals surface area (Å²) in [6, 6.07) is 9.31. The van der Waals surface area contributed by atoms with Gasteiger partial charge in [-0.05, 0) is 29.6 Å². The molecule has 5 nitrogen and oxygen atoms in total. The summed E-state index contributed by atoms with van der Waals surface area (Å²) in [6.45, 7) is 0.516. The fourth-order valence-electron chi connectivity index (χ4n) is 1.81. The molecule has 0 atom stereocenters. The Labute approximate surface area is 129 Å². The predicted octanol–water partition coefficient (Wildman–Crippen LogP) is 3.69. The van der Waals surface area contributed by atoms with Crippen molar-refractivity contribution >= 4 is 44.1 Å². The van der Waals surface area contributed by atoms with E-state index in [-0.39, 0.29) is 6.03 Å². The Morgan fingerprint density at radius 3 is 3.05 bits per heavy atom. The Kier molecular flexibility index (Phi) is 4.03. The molecule has 0 aliphatic heterocycles. The van der Waals surface area contributed by atoms with Gasteiger partial charge in [-0.3, -0.25) is 5.32 Å². The Balaban J connectivity index is 1.65. The molecule has 0 bridgehead atoms. The number of thiophene rings is 1. The van der Waals surface area contributed by atoms with Crippen LogP contribution >= 0.6 is 22.7 Å². The van der Waals surface area contributed by atoms with Crippen LogP contribution < -0.4 is 15.4 Å². The molecule has 21 heavy (non-hydrogen) atoms. The number of aromatic nitrogens is 1. The maximum Gasteiger partial charge on any atom is 0.321 e. The standard InChI is InChI=1S/C14H13N3O2S2/c1-19-9-4-5-11-12(7-9)21-14(16-11)17-13(18)15-8-10-3-2-6-20-10/h2-7H,8H2,1H3,(H2,15,16,17,18). The van der Waals surface area contributed by atoms with Gasteiger partial charge in [0.2, 0.25) is 0 Å². The number of nitrogens with one attached hydrogen (secondary N) is 2. The van der Waals surface area contributed by atoms with Gasteiger partial charge >= 0.3 is 6.03 Å². The summed E-state index contributed by atoms with van der Waals surface area (Å²) in [7, 11) is 1.62. The largest absolute Gasteiger partial charge is 0.497 e. The van der Waals surface area contributed by atoms with E-state index in [9.17, 15) is 4.79 Å². The van der Waals surface area contributed by atoms with Gasteiger partial charge in [-0.25, -0.2) is 9.78 Å². The molecule has 3 rings (SSSR count). The third-order valence-electron chi connectivity index (χ3n) is 2.82. The molecular formula is C14H13N3O2S2. The van der Waals surface area contributed by atoms with Crippen molar-refractivity contribution in [3.05, 3.63) is 40.6 Å². The Bertz CT molecular complexity index is 753. The Morgan fingerprint density at radius 2 is 2.29 bits per heavy atom. The van der Waals surface area contributed by atoms with E-state index in [0.717, 1.165) is 20.8 Å². The number of thiazole rings is 1. The molecule has 108 valence electrons. The number of ether oxygens (including phenoxy) is 1. The van der Waals surface area contributed by atoms with Crippen molar-refractivity contribution in [2.45, 2.75) is 6.54 Å². The first-order chi connectivity index (χ1) is 10.2. The number of benzene rings is 1. The van der Waals surface area contributed by atoms with Crippen LogP contribution in [0.1, 0.15) is 4.88 Å². The first-order valence-corrected chi connectivity index (χ1v) is 7.96. The topological polar surface area (TPSA) is 63.2 Å². The van der Waals surface area contributed by atoms with Gasteiger partial charge in [-0.1, -0.05) is 17.4 Å². The maximum atomic E-state index is 11.8. The molecule has 0 radical (unpaired) electrons. The van der Waals surface area contributed by atoms with Crippen molar-refractivity contribution in [3.63, 3.8) is 0 Å². The lowest BCUT2D eigenvalue weighted by molar-refractivity contribution is 0.252.